The number of β-amino-alcohol motifs (C(OH)–C–C–N with tert-alkyl or cyclic N) is 1. The highest BCUT2D eigenvalue weighted by Crippen LogP contribution is 2.36. The van der Waals surface area contributed by atoms with E-state index in [1.807, 2.05) is 24.3 Å². The molecule has 2 fully saturated rings. The molecule has 1 N–H and O–H groups in total. The highest BCUT2D eigenvalue weighted by Gasteiger charge is 2.45. The van der Waals surface area contributed by atoms with Gasteiger partial charge in [0.15, 0.2) is 0 Å². The number of amides is 2. The van der Waals surface area contributed by atoms with E-state index < -0.39 is 0 Å². The Hall–Kier alpha value is -2.38. The Balaban J connectivity index is 1.62. The summed E-state index contributed by atoms with van der Waals surface area (Å²) in [5.41, 5.74) is 1.85. The summed E-state index contributed by atoms with van der Waals surface area (Å²) in [5.74, 6) is 0.905. The van der Waals surface area contributed by atoms with Gasteiger partial charge in [0.05, 0.1) is 18.8 Å². The maximum Gasteiger partial charge on any atom is 0.278 e. The molecule has 0 spiro atoms. The van der Waals surface area contributed by atoms with E-state index in [1.165, 1.54) is 6.42 Å². The number of rotatable bonds is 8. The number of hydrogen-bond acceptors (Lipinski definition) is 6. The number of aliphatic hydroxyl groups excluding tert-OH is 1. The molecule has 0 atom stereocenters. The van der Waals surface area contributed by atoms with Crippen LogP contribution in [0.1, 0.15) is 51.5 Å². The SMILES string of the molecule is CC(C)COc1ccc(C2=C(N3CCN(CCO)CC3)C(=O)N(C3CCCCC3)C2=O)cc1. The number of imide groups is 1. The standard InChI is InChI=1S/C26H37N3O4/c1-19(2)18-33-22-10-8-20(9-11-22)23-24(28-14-12-27(13-15-28)16-17-30)26(32)29(25(23)31)21-6-4-3-5-7-21/h8-11,19,21,30H,3-7,12-18H2,1-2H3. The van der Waals surface area contributed by atoms with E-state index in [0.717, 1.165) is 50.1 Å². The molecule has 1 aliphatic carbocycles. The van der Waals surface area contributed by atoms with Gasteiger partial charge in [-0.25, -0.2) is 0 Å². The number of aliphatic hydroxyl groups is 1. The lowest BCUT2D eigenvalue weighted by molar-refractivity contribution is -0.141. The summed E-state index contributed by atoms with van der Waals surface area (Å²) in [6, 6.07) is 7.59. The normalized spacial score (nSPS) is 21.0. The topological polar surface area (TPSA) is 73.3 Å². The van der Waals surface area contributed by atoms with E-state index in [-0.39, 0.29) is 24.5 Å². The van der Waals surface area contributed by atoms with Crippen molar-refractivity contribution in [2.75, 3.05) is 45.9 Å². The fraction of sp³-hybridized carbons (Fsp3) is 0.615. The lowest BCUT2D eigenvalue weighted by Gasteiger charge is -2.36. The molecule has 1 saturated carbocycles. The largest absolute Gasteiger partial charge is 0.493 e. The molecule has 2 heterocycles. The van der Waals surface area contributed by atoms with Crippen LogP contribution in [0.15, 0.2) is 30.0 Å². The van der Waals surface area contributed by atoms with Crippen molar-refractivity contribution in [3.05, 3.63) is 35.5 Å². The first-order chi connectivity index (χ1) is 16.0. The van der Waals surface area contributed by atoms with E-state index in [9.17, 15) is 14.7 Å². The van der Waals surface area contributed by atoms with Gasteiger partial charge in [-0.05, 0) is 36.5 Å². The fourth-order valence-electron chi connectivity index (χ4n) is 5.08. The fourth-order valence-corrected chi connectivity index (χ4v) is 5.08. The highest BCUT2D eigenvalue weighted by molar-refractivity contribution is 6.35. The van der Waals surface area contributed by atoms with Crippen LogP contribution in [-0.4, -0.2) is 83.6 Å². The maximum atomic E-state index is 13.7. The molecule has 180 valence electrons. The van der Waals surface area contributed by atoms with Gasteiger partial charge in [-0.2, -0.15) is 0 Å². The van der Waals surface area contributed by atoms with E-state index in [1.54, 1.807) is 4.90 Å². The van der Waals surface area contributed by atoms with Crippen molar-refractivity contribution in [2.45, 2.75) is 52.0 Å². The molecule has 3 aliphatic rings. The Kier molecular flexibility index (Phi) is 7.71. The second-order valence-electron chi connectivity index (χ2n) is 9.78. The summed E-state index contributed by atoms with van der Waals surface area (Å²) in [4.78, 5) is 33.2. The van der Waals surface area contributed by atoms with Crippen molar-refractivity contribution < 1.29 is 19.4 Å². The predicted octanol–water partition coefficient (Wildman–Crippen LogP) is 2.74. The zero-order valence-electron chi connectivity index (χ0n) is 20.0. The zero-order valence-corrected chi connectivity index (χ0v) is 20.0. The summed E-state index contributed by atoms with van der Waals surface area (Å²) < 4.78 is 5.81. The van der Waals surface area contributed by atoms with Crippen LogP contribution in [0.3, 0.4) is 0 Å². The minimum absolute atomic E-state index is 0.00410. The molecule has 7 heteroatoms. The Labute approximate surface area is 197 Å². The van der Waals surface area contributed by atoms with E-state index >= 15 is 0 Å². The van der Waals surface area contributed by atoms with Crippen molar-refractivity contribution in [3.8, 4) is 5.75 Å². The maximum absolute atomic E-state index is 13.7. The van der Waals surface area contributed by atoms with E-state index in [2.05, 4.69) is 23.6 Å². The molecule has 33 heavy (non-hydrogen) atoms. The molecule has 0 unspecified atom stereocenters. The molecule has 4 rings (SSSR count). The molecule has 7 nitrogen and oxygen atoms in total. The van der Waals surface area contributed by atoms with Crippen LogP contribution >= 0.6 is 0 Å². The van der Waals surface area contributed by atoms with Crippen molar-refractivity contribution in [1.29, 1.82) is 0 Å². The average molecular weight is 456 g/mol. The van der Waals surface area contributed by atoms with Gasteiger partial charge < -0.3 is 14.7 Å². The second-order valence-corrected chi connectivity index (χ2v) is 9.78. The van der Waals surface area contributed by atoms with Gasteiger partial charge in [0.25, 0.3) is 11.8 Å². The second kappa shape index (κ2) is 10.7. The van der Waals surface area contributed by atoms with E-state index in [0.29, 0.717) is 43.4 Å². The van der Waals surface area contributed by atoms with Crippen molar-refractivity contribution in [1.82, 2.24) is 14.7 Å². The van der Waals surface area contributed by atoms with Gasteiger partial charge >= 0.3 is 0 Å². The van der Waals surface area contributed by atoms with Gasteiger partial charge in [-0.3, -0.25) is 19.4 Å². The molecule has 0 radical (unpaired) electrons. The number of carbonyl (C=O) groups excluding carboxylic acids is 2. The first kappa shape index (κ1) is 23.8. The first-order valence-electron chi connectivity index (χ1n) is 12.4. The monoisotopic (exact) mass is 455 g/mol. The van der Waals surface area contributed by atoms with Gasteiger partial charge in [0, 0.05) is 38.8 Å². The van der Waals surface area contributed by atoms with Crippen molar-refractivity contribution in [2.24, 2.45) is 5.92 Å². The van der Waals surface area contributed by atoms with Crippen LogP contribution in [0.4, 0.5) is 0 Å². The van der Waals surface area contributed by atoms with Crippen LogP contribution in [0.2, 0.25) is 0 Å². The number of carbonyl (C=O) groups is 2. The molecule has 1 saturated heterocycles. The molecule has 0 aromatic heterocycles. The van der Waals surface area contributed by atoms with Gasteiger partial charge in [-0.1, -0.05) is 45.2 Å². The third-order valence-corrected chi connectivity index (χ3v) is 6.86. The van der Waals surface area contributed by atoms with Gasteiger partial charge in [-0.15, -0.1) is 0 Å². The summed E-state index contributed by atoms with van der Waals surface area (Å²) in [7, 11) is 0. The summed E-state index contributed by atoms with van der Waals surface area (Å²) in [5, 5.41) is 9.25. The number of benzene rings is 1. The lowest BCUT2D eigenvalue weighted by atomic mass is 9.94. The first-order valence-corrected chi connectivity index (χ1v) is 12.4. The molecule has 2 amide bonds. The van der Waals surface area contributed by atoms with Gasteiger partial charge in [0.1, 0.15) is 11.4 Å². The molecule has 1 aromatic carbocycles. The number of ether oxygens (including phenoxy) is 1. The smallest absolute Gasteiger partial charge is 0.278 e. The Bertz CT molecular complexity index is 866. The molecule has 2 aliphatic heterocycles. The summed E-state index contributed by atoms with van der Waals surface area (Å²) in [6.45, 7) is 8.50. The average Bonchev–Trinajstić information content (AvgIpc) is 3.09. The molecule has 1 aromatic rings. The number of hydrogen-bond donors (Lipinski definition) is 1. The molecular formula is C26H37N3O4. The Morgan fingerprint density at radius 1 is 0.970 bits per heavy atom. The van der Waals surface area contributed by atoms with Gasteiger partial charge in [0.2, 0.25) is 0 Å². The highest BCUT2D eigenvalue weighted by atomic mass is 16.5. The Morgan fingerprint density at radius 2 is 1.64 bits per heavy atom. The number of piperazine rings is 1. The van der Waals surface area contributed by atoms with Crippen molar-refractivity contribution >= 4 is 17.4 Å². The van der Waals surface area contributed by atoms with E-state index in [4.69, 9.17) is 4.74 Å². The summed E-state index contributed by atoms with van der Waals surface area (Å²) in [6.07, 6.45) is 5.08. The lowest BCUT2D eigenvalue weighted by Crippen LogP contribution is -2.49. The van der Waals surface area contributed by atoms with Crippen LogP contribution < -0.4 is 4.74 Å². The third kappa shape index (κ3) is 5.25. The zero-order chi connectivity index (χ0) is 23.4. The quantitative estimate of drug-likeness (QED) is 0.608. The molecular weight excluding hydrogens is 418 g/mol. The van der Waals surface area contributed by atoms with Crippen LogP contribution in [-0.2, 0) is 9.59 Å². The minimum atomic E-state index is -0.157. The third-order valence-electron chi connectivity index (χ3n) is 6.86. The molecule has 0 bridgehead atoms. The van der Waals surface area contributed by atoms with Crippen molar-refractivity contribution in [3.63, 3.8) is 0 Å². The predicted molar refractivity (Wildman–Crippen MR) is 128 cm³/mol. The minimum Gasteiger partial charge on any atom is -0.493 e. The van der Waals surface area contributed by atoms with Crippen LogP contribution in [0.5, 0.6) is 5.75 Å². The van der Waals surface area contributed by atoms with Crippen LogP contribution in [0.25, 0.3) is 5.57 Å². The Morgan fingerprint density at radius 3 is 2.24 bits per heavy atom. The summed E-state index contributed by atoms with van der Waals surface area (Å²) >= 11 is 0. The van der Waals surface area contributed by atoms with Crippen LogP contribution in [0, 0.1) is 5.92 Å². The number of nitrogens with zero attached hydrogens (tertiary/aromatic N) is 3.